The summed E-state index contributed by atoms with van der Waals surface area (Å²) in [6.07, 6.45) is 10.2. The first-order valence-corrected chi connectivity index (χ1v) is 7.07. The molecule has 0 aromatic heterocycles. The second-order valence-corrected chi connectivity index (χ2v) is 6.00. The third-order valence-electron chi connectivity index (χ3n) is 4.38. The summed E-state index contributed by atoms with van der Waals surface area (Å²) in [4.78, 5) is 0. The Morgan fingerprint density at radius 2 is 1.88 bits per heavy atom. The van der Waals surface area contributed by atoms with E-state index in [2.05, 4.69) is 19.2 Å². The molecule has 16 heavy (non-hydrogen) atoms. The molecule has 2 fully saturated rings. The van der Waals surface area contributed by atoms with Crippen molar-refractivity contribution in [2.24, 2.45) is 5.41 Å². The maximum absolute atomic E-state index is 5.58. The lowest BCUT2D eigenvalue weighted by Crippen LogP contribution is -2.48. The van der Waals surface area contributed by atoms with Crippen LogP contribution in [0.5, 0.6) is 0 Å². The fraction of sp³-hybridized carbons (Fsp3) is 1.00. The summed E-state index contributed by atoms with van der Waals surface area (Å²) in [5, 5.41) is 3.74. The standard InChI is InChI=1S/C14H27NO/c1-3-16-13-9-12(10-13)15-11-14(2)7-5-4-6-8-14/h12-13,15H,3-11H2,1-2H3. The van der Waals surface area contributed by atoms with E-state index in [1.54, 1.807) is 0 Å². The van der Waals surface area contributed by atoms with Crippen molar-refractivity contribution >= 4 is 0 Å². The number of ether oxygens (including phenoxy) is 1. The van der Waals surface area contributed by atoms with Crippen molar-refractivity contribution in [3.8, 4) is 0 Å². The van der Waals surface area contributed by atoms with Crippen LogP contribution in [-0.2, 0) is 4.74 Å². The topological polar surface area (TPSA) is 21.3 Å². The maximum atomic E-state index is 5.58. The zero-order valence-electron chi connectivity index (χ0n) is 10.9. The molecule has 0 unspecified atom stereocenters. The minimum Gasteiger partial charge on any atom is -0.378 e. The minimum absolute atomic E-state index is 0.543. The number of hydrogen-bond acceptors (Lipinski definition) is 2. The van der Waals surface area contributed by atoms with Gasteiger partial charge in [0.2, 0.25) is 0 Å². The monoisotopic (exact) mass is 225 g/mol. The number of hydrogen-bond donors (Lipinski definition) is 1. The quantitative estimate of drug-likeness (QED) is 0.776. The molecule has 0 spiro atoms. The Hall–Kier alpha value is -0.0800. The Labute approximate surface area is 100 Å². The molecule has 2 heteroatoms. The molecule has 0 saturated heterocycles. The van der Waals surface area contributed by atoms with Gasteiger partial charge in [-0.05, 0) is 38.0 Å². The molecular weight excluding hydrogens is 198 g/mol. The summed E-state index contributed by atoms with van der Waals surface area (Å²) in [5.41, 5.74) is 0.578. The van der Waals surface area contributed by atoms with E-state index in [0.29, 0.717) is 11.5 Å². The maximum Gasteiger partial charge on any atom is 0.0604 e. The average molecular weight is 225 g/mol. The van der Waals surface area contributed by atoms with Gasteiger partial charge in [0.15, 0.2) is 0 Å². The molecule has 1 N–H and O–H groups in total. The zero-order chi connectivity index (χ0) is 11.4. The molecule has 0 aliphatic heterocycles. The van der Waals surface area contributed by atoms with Crippen LogP contribution in [0.2, 0.25) is 0 Å². The van der Waals surface area contributed by atoms with Crippen molar-refractivity contribution in [2.75, 3.05) is 13.2 Å². The summed E-state index contributed by atoms with van der Waals surface area (Å²) in [7, 11) is 0. The summed E-state index contributed by atoms with van der Waals surface area (Å²) < 4.78 is 5.58. The molecular formula is C14H27NO. The van der Waals surface area contributed by atoms with E-state index < -0.39 is 0 Å². The van der Waals surface area contributed by atoms with Crippen molar-refractivity contribution in [3.05, 3.63) is 0 Å². The van der Waals surface area contributed by atoms with Gasteiger partial charge in [-0.15, -0.1) is 0 Å². The van der Waals surface area contributed by atoms with Gasteiger partial charge in [-0.25, -0.2) is 0 Å². The van der Waals surface area contributed by atoms with Gasteiger partial charge in [-0.2, -0.15) is 0 Å². The molecule has 0 radical (unpaired) electrons. The van der Waals surface area contributed by atoms with E-state index in [0.717, 1.165) is 12.6 Å². The van der Waals surface area contributed by atoms with Crippen LogP contribution in [0, 0.1) is 5.41 Å². The summed E-state index contributed by atoms with van der Waals surface area (Å²) in [6, 6.07) is 0.732. The number of nitrogens with one attached hydrogen (secondary N) is 1. The third kappa shape index (κ3) is 3.21. The second kappa shape index (κ2) is 5.50. The Kier molecular flexibility index (Phi) is 4.26. The highest BCUT2D eigenvalue weighted by atomic mass is 16.5. The van der Waals surface area contributed by atoms with E-state index in [9.17, 15) is 0 Å². The average Bonchev–Trinajstić information content (AvgIpc) is 2.22. The van der Waals surface area contributed by atoms with E-state index in [-0.39, 0.29) is 0 Å². The highest BCUT2D eigenvalue weighted by molar-refractivity contribution is 4.89. The first-order valence-electron chi connectivity index (χ1n) is 7.07. The van der Waals surface area contributed by atoms with Crippen molar-refractivity contribution in [3.63, 3.8) is 0 Å². The van der Waals surface area contributed by atoms with Gasteiger partial charge in [-0.3, -0.25) is 0 Å². The molecule has 2 aliphatic carbocycles. The van der Waals surface area contributed by atoms with Crippen molar-refractivity contribution in [2.45, 2.75) is 70.9 Å². The van der Waals surface area contributed by atoms with Crippen LogP contribution in [0.4, 0.5) is 0 Å². The normalized spacial score (nSPS) is 33.4. The lowest BCUT2D eigenvalue weighted by Gasteiger charge is -2.40. The van der Waals surface area contributed by atoms with Gasteiger partial charge >= 0.3 is 0 Å². The molecule has 0 aromatic carbocycles. The van der Waals surface area contributed by atoms with Crippen molar-refractivity contribution in [1.82, 2.24) is 5.32 Å². The highest BCUT2D eigenvalue weighted by Gasteiger charge is 2.32. The highest BCUT2D eigenvalue weighted by Crippen LogP contribution is 2.35. The van der Waals surface area contributed by atoms with Crippen LogP contribution in [-0.4, -0.2) is 25.3 Å². The Balaban J connectivity index is 1.61. The summed E-state index contributed by atoms with van der Waals surface area (Å²) >= 11 is 0. The molecule has 2 nitrogen and oxygen atoms in total. The van der Waals surface area contributed by atoms with E-state index >= 15 is 0 Å². The largest absolute Gasteiger partial charge is 0.378 e. The van der Waals surface area contributed by atoms with Crippen LogP contribution < -0.4 is 5.32 Å². The summed E-state index contributed by atoms with van der Waals surface area (Å²) in [6.45, 7) is 6.63. The minimum atomic E-state index is 0.543. The molecule has 0 bridgehead atoms. The van der Waals surface area contributed by atoms with Crippen LogP contribution in [0.1, 0.15) is 58.8 Å². The fourth-order valence-corrected chi connectivity index (χ4v) is 3.08. The molecule has 2 aliphatic rings. The fourth-order valence-electron chi connectivity index (χ4n) is 3.08. The van der Waals surface area contributed by atoms with Gasteiger partial charge in [0.1, 0.15) is 0 Å². The molecule has 0 heterocycles. The van der Waals surface area contributed by atoms with Crippen molar-refractivity contribution in [1.29, 1.82) is 0 Å². The van der Waals surface area contributed by atoms with Gasteiger partial charge < -0.3 is 10.1 Å². The molecule has 0 amide bonds. The molecule has 2 rings (SSSR count). The van der Waals surface area contributed by atoms with Gasteiger partial charge in [0, 0.05) is 19.2 Å². The molecule has 94 valence electrons. The first-order chi connectivity index (χ1) is 7.72. The van der Waals surface area contributed by atoms with Crippen LogP contribution >= 0.6 is 0 Å². The van der Waals surface area contributed by atoms with E-state index in [4.69, 9.17) is 4.74 Å². The molecule has 0 aromatic rings. The predicted octanol–water partition coefficient (Wildman–Crippen LogP) is 3.11. The van der Waals surface area contributed by atoms with Gasteiger partial charge in [0.25, 0.3) is 0 Å². The van der Waals surface area contributed by atoms with Gasteiger partial charge in [0.05, 0.1) is 6.10 Å². The Morgan fingerprint density at radius 1 is 1.19 bits per heavy atom. The van der Waals surface area contributed by atoms with E-state index in [1.165, 1.54) is 51.5 Å². The second-order valence-electron chi connectivity index (χ2n) is 6.00. The Bertz CT molecular complexity index is 205. The van der Waals surface area contributed by atoms with Crippen LogP contribution in [0.25, 0.3) is 0 Å². The van der Waals surface area contributed by atoms with Crippen LogP contribution in [0.3, 0.4) is 0 Å². The van der Waals surface area contributed by atoms with Crippen LogP contribution in [0.15, 0.2) is 0 Å². The first kappa shape index (κ1) is 12.4. The predicted molar refractivity (Wildman–Crippen MR) is 67.6 cm³/mol. The Morgan fingerprint density at radius 3 is 2.50 bits per heavy atom. The van der Waals surface area contributed by atoms with Crippen molar-refractivity contribution < 1.29 is 4.74 Å². The van der Waals surface area contributed by atoms with E-state index in [1.807, 2.05) is 0 Å². The SMILES string of the molecule is CCOC1CC(NCC2(C)CCCCC2)C1. The van der Waals surface area contributed by atoms with Gasteiger partial charge in [-0.1, -0.05) is 26.2 Å². The molecule has 0 atom stereocenters. The lowest BCUT2D eigenvalue weighted by molar-refractivity contribution is -0.0127. The third-order valence-corrected chi connectivity index (χ3v) is 4.38. The zero-order valence-corrected chi connectivity index (χ0v) is 10.9. The molecule has 2 saturated carbocycles. The summed E-state index contributed by atoms with van der Waals surface area (Å²) in [5.74, 6) is 0. The smallest absolute Gasteiger partial charge is 0.0604 e. The lowest BCUT2D eigenvalue weighted by atomic mass is 9.75. The number of rotatable bonds is 5.